The summed E-state index contributed by atoms with van der Waals surface area (Å²) in [4.78, 5) is 0. The van der Waals surface area contributed by atoms with Crippen LogP contribution in [0.2, 0.25) is 0 Å². The average Bonchev–Trinajstić information content (AvgIpc) is 2.50. The summed E-state index contributed by atoms with van der Waals surface area (Å²) in [7, 11) is 0. The molecule has 1 fully saturated rings. The van der Waals surface area contributed by atoms with Gasteiger partial charge < -0.3 is 9.84 Å². The Morgan fingerprint density at radius 2 is 1.95 bits per heavy atom. The molecule has 0 amide bonds. The molecule has 0 saturated carbocycles. The summed E-state index contributed by atoms with van der Waals surface area (Å²) in [5, 5.41) is 10.2. The summed E-state index contributed by atoms with van der Waals surface area (Å²) in [6.45, 7) is 4.24. The maximum Gasteiger partial charge on any atom is 0.105 e. The topological polar surface area (TPSA) is 29.5 Å². The van der Waals surface area contributed by atoms with E-state index in [-0.39, 0.29) is 6.10 Å². The van der Waals surface area contributed by atoms with Crippen LogP contribution < -0.4 is 0 Å². The SMILES string of the molecule is C=C[C@H](OCc1ccccc1)[C@@H](O)C=C1SCCCS1. The minimum atomic E-state index is -0.635. The molecular weight excluding hydrogens is 288 g/mol. The predicted octanol–water partition coefficient (Wildman–Crippen LogP) is 3.83. The molecule has 1 aliphatic rings. The first kappa shape index (κ1) is 15.7. The zero-order chi connectivity index (χ0) is 14.2. The van der Waals surface area contributed by atoms with E-state index in [1.807, 2.05) is 59.9 Å². The van der Waals surface area contributed by atoms with Crippen molar-refractivity contribution in [3.8, 4) is 0 Å². The van der Waals surface area contributed by atoms with Crippen molar-refractivity contribution in [2.24, 2.45) is 0 Å². The highest BCUT2D eigenvalue weighted by molar-refractivity contribution is 8.22. The number of hydrogen-bond acceptors (Lipinski definition) is 4. The van der Waals surface area contributed by atoms with E-state index < -0.39 is 6.10 Å². The van der Waals surface area contributed by atoms with Gasteiger partial charge in [0.25, 0.3) is 0 Å². The Hall–Kier alpha value is -0.680. The molecular formula is C16H20O2S2. The van der Waals surface area contributed by atoms with Gasteiger partial charge in [-0.3, -0.25) is 0 Å². The number of thioether (sulfide) groups is 2. The Morgan fingerprint density at radius 1 is 1.25 bits per heavy atom. The lowest BCUT2D eigenvalue weighted by Crippen LogP contribution is -2.25. The third kappa shape index (κ3) is 5.02. The summed E-state index contributed by atoms with van der Waals surface area (Å²) in [5.41, 5.74) is 1.10. The maximum atomic E-state index is 10.2. The molecule has 4 heteroatoms. The molecule has 0 radical (unpaired) electrons. The van der Waals surface area contributed by atoms with Crippen LogP contribution in [-0.2, 0) is 11.3 Å². The number of rotatable bonds is 6. The van der Waals surface area contributed by atoms with E-state index in [0.29, 0.717) is 6.61 Å². The fourth-order valence-corrected chi connectivity index (χ4v) is 4.32. The summed E-state index contributed by atoms with van der Waals surface area (Å²) in [6.07, 6.45) is 3.79. The fourth-order valence-electron chi connectivity index (χ4n) is 1.85. The van der Waals surface area contributed by atoms with Gasteiger partial charge in [0.1, 0.15) is 12.2 Å². The van der Waals surface area contributed by atoms with Gasteiger partial charge in [0.15, 0.2) is 0 Å². The second-order valence-corrected chi connectivity index (χ2v) is 7.06. The third-order valence-corrected chi connectivity index (χ3v) is 5.47. The monoisotopic (exact) mass is 308 g/mol. The molecule has 20 heavy (non-hydrogen) atoms. The molecule has 1 aromatic carbocycles. The summed E-state index contributed by atoms with van der Waals surface area (Å²) in [6, 6.07) is 9.96. The van der Waals surface area contributed by atoms with Crippen LogP contribution >= 0.6 is 23.5 Å². The van der Waals surface area contributed by atoms with Crippen molar-refractivity contribution in [2.45, 2.75) is 25.2 Å². The molecule has 1 saturated heterocycles. The third-order valence-electron chi connectivity index (χ3n) is 2.94. The van der Waals surface area contributed by atoms with Gasteiger partial charge in [-0.15, -0.1) is 30.1 Å². The Bertz CT molecular complexity index is 437. The normalized spacial score (nSPS) is 18.4. The van der Waals surface area contributed by atoms with Crippen LogP contribution in [0.25, 0.3) is 0 Å². The molecule has 0 unspecified atom stereocenters. The molecule has 1 aromatic rings. The first-order valence-electron chi connectivity index (χ1n) is 6.73. The van der Waals surface area contributed by atoms with Crippen molar-refractivity contribution < 1.29 is 9.84 Å². The summed E-state index contributed by atoms with van der Waals surface area (Å²) in [5.74, 6) is 2.27. The van der Waals surface area contributed by atoms with Gasteiger partial charge in [-0.1, -0.05) is 36.4 Å². The summed E-state index contributed by atoms with van der Waals surface area (Å²) >= 11 is 3.62. The standard InChI is InChI=1S/C16H20O2S2/c1-2-15(18-12-13-7-4-3-5-8-13)14(17)11-16-19-9-6-10-20-16/h2-5,7-8,11,14-15,17H,1,6,9-10,12H2/t14-,15-/m0/s1. The van der Waals surface area contributed by atoms with E-state index in [0.717, 1.165) is 17.1 Å². The van der Waals surface area contributed by atoms with Crippen molar-refractivity contribution in [3.05, 3.63) is 58.9 Å². The van der Waals surface area contributed by atoms with Gasteiger partial charge in [0.05, 0.1) is 6.61 Å². The molecule has 2 atom stereocenters. The quantitative estimate of drug-likeness (QED) is 0.809. The zero-order valence-electron chi connectivity index (χ0n) is 11.4. The van der Waals surface area contributed by atoms with E-state index in [2.05, 4.69) is 6.58 Å². The average molecular weight is 308 g/mol. The molecule has 0 spiro atoms. The first-order chi connectivity index (χ1) is 9.79. The van der Waals surface area contributed by atoms with Crippen LogP contribution in [0.5, 0.6) is 0 Å². The van der Waals surface area contributed by atoms with E-state index in [1.165, 1.54) is 10.7 Å². The van der Waals surface area contributed by atoms with Crippen LogP contribution in [0.15, 0.2) is 53.3 Å². The highest BCUT2D eigenvalue weighted by Gasteiger charge is 2.17. The lowest BCUT2D eigenvalue weighted by Gasteiger charge is -2.20. The summed E-state index contributed by atoms with van der Waals surface area (Å²) < 4.78 is 6.94. The van der Waals surface area contributed by atoms with Gasteiger partial charge in [-0.25, -0.2) is 0 Å². The molecule has 0 bridgehead atoms. The van der Waals surface area contributed by atoms with Crippen LogP contribution in [0, 0.1) is 0 Å². The largest absolute Gasteiger partial charge is 0.386 e. The van der Waals surface area contributed by atoms with Gasteiger partial charge in [0.2, 0.25) is 0 Å². The van der Waals surface area contributed by atoms with Crippen molar-refractivity contribution in [2.75, 3.05) is 11.5 Å². The maximum absolute atomic E-state index is 10.2. The lowest BCUT2D eigenvalue weighted by molar-refractivity contribution is 0.00214. The zero-order valence-corrected chi connectivity index (χ0v) is 13.0. The van der Waals surface area contributed by atoms with Crippen molar-refractivity contribution in [3.63, 3.8) is 0 Å². The van der Waals surface area contributed by atoms with Crippen LogP contribution in [0.1, 0.15) is 12.0 Å². The molecule has 1 aliphatic heterocycles. The molecule has 0 aromatic heterocycles. The van der Waals surface area contributed by atoms with Gasteiger partial charge in [-0.2, -0.15) is 0 Å². The van der Waals surface area contributed by atoms with Crippen LogP contribution in [-0.4, -0.2) is 28.8 Å². The molecule has 1 heterocycles. The van der Waals surface area contributed by atoms with E-state index in [1.54, 1.807) is 6.08 Å². The number of ether oxygens (including phenoxy) is 1. The Balaban J connectivity index is 1.88. The Morgan fingerprint density at radius 3 is 2.60 bits per heavy atom. The number of aliphatic hydroxyl groups excluding tert-OH is 1. The second kappa shape index (κ2) is 8.57. The fraction of sp³-hybridized carbons (Fsp3) is 0.375. The first-order valence-corrected chi connectivity index (χ1v) is 8.70. The van der Waals surface area contributed by atoms with E-state index in [9.17, 15) is 5.11 Å². The highest BCUT2D eigenvalue weighted by atomic mass is 32.2. The molecule has 0 aliphatic carbocycles. The van der Waals surface area contributed by atoms with Crippen molar-refractivity contribution in [1.29, 1.82) is 0 Å². The predicted molar refractivity (Wildman–Crippen MR) is 88.8 cm³/mol. The number of hydrogen-bond donors (Lipinski definition) is 1. The van der Waals surface area contributed by atoms with Gasteiger partial charge in [0, 0.05) is 4.24 Å². The van der Waals surface area contributed by atoms with E-state index in [4.69, 9.17) is 4.74 Å². The van der Waals surface area contributed by atoms with Crippen molar-refractivity contribution in [1.82, 2.24) is 0 Å². The molecule has 2 nitrogen and oxygen atoms in total. The van der Waals surface area contributed by atoms with Crippen molar-refractivity contribution >= 4 is 23.5 Å². The molecule has 108 valence electrons. The molecule has 2 rings (SSSR count). The molecule has 1 N–H and O–H groups in total. The minimum absolute atomic E-state index is 0.370. The Labute approximate surface area is 129 Å². The lowest BCUT2D eigenvalue weighted by atomic mass is 10.2. The van der Waals surface area contributed by atoms with Crippen LogP contribution in [0.3, 0.4) is 0 Å². The minimum Gasteiger partial charge on any atom is -0.386 e. The van der Waals surface area contributed by atoms with E-state index >= 15 is 0 Å². The number of aliphatic hydroxyl groups is 1. The Kier molecular flexibility index (Phi) is 6.73. The highest BCUT2D eigenvalue weighted by Crippen LogP contribution is 2.35. The van der Waals surface area contributed by atoms with Gasteiger partial charge in [-0.05, 0) is 29.6 Å². The number of benzene rings is 1. The van der Waals surface area contributed by atoms with Crippen LogP contribution in [0.4, 0.5) is 0 Å². The smallest absolute Gasteiger partial charge is 0.105 e. The second-order valence-electron chi connectivity index (χ2n) is 4.52. The van der Waals surface area contributed by atoms with Gasteiger partial charge >= 0.3 is 0 Å².